The number of hydrogen-bond acceptors (Lipinski definition) is 3. The normalized spacial score (nSPS) is 13.2. The lowest BCUT2D eigenvalue weighted by atomic mass is 10.2. The number of carbonyl (C=O) groups is 1. The maximum Gasteiger partial charge on any atom is 0.174 e. The molecule has 2 N–H and O–H groups in total. The van der Waals surface area contributed by atoms with Crippen LogP contribution in [0.5, 0.6) is 0 Å². The molecule has 0 aliphatic carbocycles. The number of carbonyl (C=O) groups excluding carboxylic acids is 1. The highest BCUT2D eigenvalue weighted by Crippen LogP contribution is 1.89. The van der Waals surface area contributed by atoms with Gasteiger partial charge >= 0.3 is 0 Å². The number of nitrogens with two attached hydrogens (primary N) is 1. The molecule has 0 rings (SSSR count). The molecule has 9 heavy (non-hydrogen) atoms. The Kier molecular flexibility index (Phi) is 4.26. The van der Waals surface area contributed by atoms with Crippen LogP contribution in [0.2, 0.25) is 0 Å². The zero-order valence-electron chi connectivity index (χ0n) is 5.89. The fourth-order valence-corrected chi connectivity index (χ4v) is 0.509. The van der Waals surface area contributed by atoms with Crippen molar-refractivity contribution in [3.63, 3.8) is 0 Å². The Morgan fingerprint density at radius 3 is 2.67 bits per heavy atom. The van der Waals surface area contributed by atoms with Crippen molar-refractivity contribution in [3.8, 4) is 0 Å². The molecule has 0 aliphatic heterocycles. The second-order valence-electron chi connectivity index (χ2n) is 1.77. The first kappa shape index (κ1) is 8.59. The first-order chi connectivity index (χ1) is 4.22. The van der Waals surface area contributed by atoms with Gasteiger partial charge in [-0.25, -0.2) is 0 Å². The summed E-state index contributed by atoms with van der Waals surface area (Å²) in [5.74, 6) is -0.0446. The summed E-state index contributed by atoms with van der Waals surface area (Å²) in [4.78, 5) is 10.7. The van der Waals surface area contributed by atoms with Crippen molar-refractivity contribution >= 4 is 5.78 Å². The Balaban J connectivity index is 3.45. The summed E-state index contributed by atoms with van der Waals surface area (Å²) >= 11 is 0. The van der Waals surface area contributed by atoms with Gasteiger partial charge in [-0.3, -0.25) is 4.79 Å². The topological polar surface area (TPSA) is 52.3 Å². The van der Waals surface area contributed by atoms with Gasteiger partial charge in [0, 0.05) is 6.61 Å². The van der Waals surface area contributed by atoms with Gasteiger partial charge in [-0.05, 0) is 13.8 Å². The summed E-state index contributed by atoms with van der Waals surface area (Å²) < 4.78 is 4.96. The minimum atomic E-state index is -0.333. The van der Waals surface area contributed by atoms with Crippen LogP contribution in [0.3, 0.4) is 0 Å². The van der Waals surface area contributed by atoms with Crippen molar-refractivity contribution in [3.05, 3.63) is 0 Å². The second kappa shape index (κ2) is 4.47. The van der Waals surface area contributed by atoms with Crippen LogP contribution in [0.4, 0.5) is 0 Å². The molecule has 1 unspecified atom stereocenters. The summed E-state index contributed by atoms with van der Waals surface area (Å²) in [6.07, 6.45) is -0.333. The van der Waals surface area contributed by atoms with Gasteiger partial charge in [0.2, 0.25) is 0 Å². The Hall–Kier alpha value is -0.410. The molecule has 0 aromatic rings. The van der Waals surface area contributed by atoms with Crippen LogP contribution in [0.25, 0.3) is 0 Å². The zero-order chi connectivity index (χ0) is 7.28. The van der Waals surface area contributed by atoms with Gasteiger partial charge in [-0.2, -0.15) is 0 Å². The molecule has 0 saturated heterocycles. The van der Waals surface area contributed by atoms with Crippen LogP contribution in [-0.2, 0) is 9.53 Å². The third-order valence-corrected chi connectivity index (χ3v) is 1.07. The molecular weight excluding hydrogens is 118 g/mol. The fourth-order valence-electron chi connectivity index (χ4n) is 0.509. The van der Waals surface area contributed by atoms with E-state index in [0.717, 1.165) is 0 Å². The highest BCUT2D eigenvalue weighted by Gasteiger charge is 2.08. The summed E-state index contributed by atoms with van der Waals surface area (Å²) in [7, 11) is 0. The monoisotopic (exact) mass is 131 g/mol. The smallest absolute Gasteiger partial charge is 0.174 e. The highest BCUT2D eigenvalue weighted by atomic mass is 16.5. The molecule has 3 nitrogen and oxygen atoms in total. The van der Waals surface area contributed by atoms with Crippen molar-refractivity contribution in [2.75, 3.05) is 13.2 Å². The molecule has 1 atom stereocenters. The van der Waals surface area contributed by atoms with Crippen LogP contribution in [0.1, 0.15) is 13.8 Å². The lowest BCUT2D eigenvalue weighted by Gasteiger charge is -2.07. The molecule has 54 valence electrons. The van der Waals surface area contributed by atoms with E-state index < -0.39 is 0 Å². The van der Waals surface area contributed by atoms with E-state index in [9.17, 15) is 4.79 Å². The summed E-state index contributed by atoms with van der Waals surface area (Å²) in [5, 5.41) is 0. The molecule has 0 spiro atoms. The lowest BCUT2D eigenvalue weighted by Crippen LogP contribution is -2.27. The lowest BCUT2D eigenvalue weighted by molar-refractivity contribution is -0.127. The van der Waals surface area contributed by atoms with Crippen LogP contribution in [-0.4, -0.2) is 25.0 Å². The first-order valence-corrected chi connectivity index (χ1v) is 3.06. The van der Waals surface area contributed by atoms with Crippen LogP contribution in [0, 0.1) is 0 Å². The standard InChI is InChI=1S/C6H13NO2/c1-3-9-5(2)6(8)4-7/h5H,3-4,7H2,1-2H3. The van der Waals surface area contributed by atoms with Crippen molar-refractivity contribution in [2.24, 2.45) is 5.73 Å². The van der Waals surface area contributed by atoms with E-state index in [1.165, 1.54) is 0 Å². The van der Waals surface area contributed by atoms with Crippen LogP contribution < -0.4 is 5.73 Å². The first-order valence-electron chi connectivity index (χ1n) is 3.06. The Morgan fingerprint density at radius 2 is 2.33 bits per heavy atom. The third-order valence-electron chi connectivity index (χ3n) is 1.07. The molecule has 0 bridgehead atoms. The van der Waals surface area contributed by atoms with E-state index >= 15 is 0 Å². The minimum Gasteiger partial charge on any atom is -0.371 e. The van der Waals surface area contributed by atoms with Crippen LogP contribution >= 0.6 is 0 Å². The van der Waals surface area contributed by atoms with Crippen molar-refractivity contribution in [2.45, 2.75) is 20.0 Å². The molecule has 0 amide bonds. The van der Waals surface area contributed by atoms with Gasteiger partial charge in [0.05, 0.1) is 6.54 Å². The fraction of sp³-hybridized carbons (Fsp3) is 0.833. The minimum absolute atomic E-state index is 0.0446. The largest absolute Gasteiger partial charge is 0.371 e. The van der Waals surface area contributed by atoms with Gasteiger partial charge in [0.25, 0.3) is 0 Å². The molecule has 0 radical (unpaired) electrons. The maximum atomic E-state index is 10.7. The molecule has 0 heterocycles. The van der Waals surface area contributed by atoms with Crippen LogP contribution in [0.15, 0.2) is 0 Å². The molecule has 0 saturated carbocycles. The number of hydrogen-bond donors (Lipinski definition) is 1. The SMILES string of the molecule is CCOC(C)C(=O)CN. The Morgan fingerprint density at radius 1 is 1.78 bits per heavy atom. The number of ketones is 1. The predicted octanol–water partition coefficient (Wildman–Crippen LogP) is -0.0608. The molecular formula is C6H13NO2. The van der Waals surface area contributed by atoms with Crippen molar-refractivity contribution < 1.29 is 9.53 Å². The van der Waals surface area contributed by atoms with Gasteiger partial charge in [0.15, 0.2) is 5.78 Å². The predicted molar refractivity (Wildman–Crippen MR) is 35.1 cm³/mol. The average molecular weight is 131 g/mol. The molecule has 0 fully saturated rings. The molecule has 0 aromatic heterocycles. The highest BCUT2D eigenvalue weighted by molar-refractivity contribution is 5.84. The number of ether oxygens (including phenoxy) is 1. The van der Waals surface area contributed by atoms with Gasteiger partial charge in [-0.15, -0.1) is 0 Å². The summed E-state index contributed by atoms with van der Waals surface area (Å²) in [5.41, 5.74) is 5.07. The molecule has 0 aromatic carbocycles. The summed E-state index contributed by atoms with van der Waals surface area (Å²) in [6, 6.07) is 0. The Bertz CT molecular complexity index is 93.1. The van der Waals surface area contributed by atoms with Crippen molar-refractivity contribution in [1.29, 1.82) is 0 Å². The molecule has 3 heteroatoms. The van der Waals surface area contributed by atoms with E-state index in [-0.39, 0.29) is 18.4 Å². The van der Waals surface area contributed by atoms with E-state index in [1.54, 1.807) is 6.92 Å². The van der Waals surface area contributed by atoms with Gasteiger partial charge in [0.1, 0.15) is 6.10 Å². The Labute approximate surface area is 55.2 Å². The van der Waals surface area contributed by atoms with E-state index in [1.807, 2.05) is 6.92 Å². The van der Waals surface area contributed by atoms with E-state index in [0.29, 0.717) is 6.61 Å². The number of Topliss-reactive ketones (excluding diaryl/α,β-unsaturated/α-hetero) is 1. The maximum absolute atomic E-state index is 10.7. The average Bonchev–Trinajstić information content (AvgIpc) is 1.87. The second-order valence-corrected chi connectivity index (χ2v) is 1.77. The van der Waals surface area contributed by atoms with Gasteiger partial charge in [-0.1, -0.05) is 0 Å². The molecule has 0 aliphatic rings. The quantitative estimate of drug-likeness (QED) is 0.581. The number of rotatable bonds is 4. The van der Waals surface area contributed by atoms with E-state index in [2.05, 4.69) is 0 Å². The van der Waals surface area contributed by atoms with E-state index in [4.69, 9.17) is 10.5 Å². The third kappa shape index (κ3) is 3.21. The zero-order valence-corrected chi connectivity index (χ0v) is 5.89. The van der Waals surface area contributed by atoms with Crippen molar-refractivity contribution in [1.82, 2.24) is 0 Å². The summed E-state index contributed by atoms with van der Waals surface area (Å²) in [6.45, 7) is 4.19. The van der Waals surface area contributed by atoms with Gasteiger partial charge < -0.3 is 10.5 Å².